The molecule has 4 heteroatoms. The molecule has 2 rings (SSSR count). The van der Waals surface area contributed by atoms with Gasteiger partial charge in [0.2, 0.25) is 0 Å². The van der Waals surface area contributed by atoms with E-state index in [4.69, 9.17) is 5.11 Å². The number of aromatic nitrogens is 1. The lowest BCUT2D eigenvalue weighted by Gasteiger charge is -2.03. The first-order valence-electron chi connectivity index (χ1n) is 4.62. The lowest BCUT2D eigenvalue weighted by atomic mass is 10.3. The molecule has 0 aliphatic heterocycles. The van der Waals surface area contributed by atoms with Gasteiger partial charge in [-0.2, -0.15) is 0 Å². The van der Waals surface area contributed by atoms with Crippen molar-refractivity contribution in [3.8, 4) is 0 Å². The number of carbonyl (C=O) groups is 1. The van der Waals surface area contributed by atoms with Gasteiger partial charge in [0.05, 0.1) is 5.56 Å². The van der Waals surface area contributed by atoms with Gasteiger partial charge in [-0.1, -0.05) is 6.92 Å². The maximum absolute atomic E-state index is 10.5. The zero-order chi connectivity index (χ0) is 10.1. The maximum Gasteiger partial charge on any atom is 0.337 e. The van der Waals surface area contributed by atoms with E-state index in [0.717, 1.165) is 5.82 Å². The molecule has 1 aromatic heterocycles. The summed E-state index contributed by atoms with van der Waals surface area (Å²) in [6.07, 6.45) is 2.54. The van der Waals surface area contributed by atoms with E-state index in [2.05, 4.69) is 17.2 Å². The number of hydrogen-bond donors (Lipinski definition) is 2. The van der Waals surface area contributed by atoms with E-state index < -0.39 is 5.97 Å². The molecule has 2 atom stereocenters. The number of nitrogens with zero attached hydrogens (tertiary/aromatic N) is 1. The molecule has 0 bridgehead atoms. The Kier molecular flexibility index (Phi) is 2.11. The first-order valence-corrected chi connectivity index (χ1v) is 4.62. The maximum atomic E-state index is 10.5. The van der Waals surface area contributed by atoms with Gasteiger partial charge in [0.15, 0.2) is 0 Å². The molecule has 0 spiro atoms. The highest BCUT2D eigenvalue weighted by Crippen LogP contribution is 2.31. The molecule has 14 heavy (non-hydrogen) atoms. The summed E-state index contributed by atoms with van der Waals surface area (Å²) in [4.78, 5) is 14.6. The van der Waals surface area contributed by atoms with Gasteiger partial charge in [-0.25, -0.2) is 9.78 Å². The second kappa shape index (κ2) is 3.29. The molecule has 1 fully saturated rings. The van der Waals surface area contributed by atoms with Crippen molar-refractivity contribution >= 4 is 11.8 Å². The van der Waals surface area contributed by atoms with Crippen LogP contribution in [0.2, 0.25) is 0 Å². The molecule has 0 radical (unpaired) electrons. The summed E-state index contributed by atoms with van der Waals surface area (Å²) in [7, 11) is 0. The van der Waals surface area contributed by atoms with Gasteiger partial charge in [0.1, 0.15) is 5.82 Å². The minimum atomic E-state index is -0.941. The molecular formula is C10H12N2O2. The fraction of sp³-hybridized carbons (Fsp3) is 0.400. The zero-order valence-corrected chi connectivity index (χ0v) is 7.90. The minimum absolute atomic E-state index is 0.222. The van der Waals surface area contributed by atoms with E-state index in [1.807, 2.05) is 0 Å². The summed E-state index contributed by atoms with van der Waals surface area (Å²) in [5.41, 5.74) is 0.222. The predicted molar refractivity (Wildman–Crippen MR) is 52.4 cm³/mol. The largest absolute Gasteiger partial charge is 0.478 e. The first-order chi connectivity index (χ1) is 6.66. The molecule has 1 aliphatic rings. The molecule has 0 amide bonds. The Labute approximate surface area is 82.0 Å². The molecule has 0 aromatic carbocycles. The fourth-order valence-corrected chi connectivity index (χ4v) is 1.32. The molecule has 4 nitrogen and oxygen atoms in total. The molecule has 74 valence electrons. The predicted octanol–water partition coefficient (Wildman–Crippen LogP) is 1.60. The molecule has 2 N–H and O–H groups in total. The number of rotatable bonds is 3. The van der Waals surface area contributed by atoms with E-state index >= 15 is 0 Å². The number of hydrogen-bond acceptors (Lipinski definition) is 3. The highest BCUT2D eigenvalue weighted by Gasteiger charge is 2.32. The smallest absolute Gasteiger partial charge is 0.337 e. The third-order valence-electron chi connectivity index (χ3n) is 2.45. The van der Waals surface area contributed by atoms with Crippen LogP contribution in [0.3, 0.4) is 0 Å². The van der Waals surface area contributed by atoms with Crippen LogP contribution < -0.4 is 5.32 Å². The van der Waals surface area contributed by atoms with Crippen LogP contribution in [0.4, 0.5) is 5.82 Å². The Morgan fingerprint density at radius 2 is 2.36 bits per heavy atom. The van der Waals surface area contributed by atoms with E-state index in [9.17, 15) is 4.79 Å². The second-order valence-electron chi connectivity index (χ2n) is 3.70. The lowest BCUT2D eigenvalue weighted by molar-refractivity contribution is 0.0696. The van der Waals surface area contributed by atoms with Crippen molar-refractivity contribution < 1.29 is 9.90 Å². The Hall–Kier alpha value is -1.58. The summed E-state index contributed by atoms with van der Waals surface area (Å²) < 4.78 is 0. The number of carboxylic acids is 1. The molecule has 1 aromatic rings. The van der Waals surface area contributed by atoms with E-state index in [0.29, 0.717) is 12.0 Å². The van der Waals surface area contributed by atoms with Crippen molar-refractivity contribution in [2.75, 3.05) is 5.32 Å². The molecule has 1 aliphatic carbocycles. The van der Waals surface area contributed by atoms with Crippen molar-refractivity contribution in [1.29, 1.82) is 0 Å². The van der Waals surface area contributed by atoms with Crippen LogP contribution in [0.1, 0.15) is 23.7 Å². The Balaban J connectivity index is 2.02. The highest BCUT2D eigenvalue weighted by atomic mass is 16.4. The van der Waals surface area contributed by atoms with Crippen LogP contribution >= 0.6 is 0 Å². The Morgan fingerprint density at radius 3 is 2.79 bits per heavy atom. The van der Waals surface area contributed by atoms with Gasteiger partial charge in [-0.05, 0) is 24.5 Å². The fourth-order valence-electron chi connectivity index (χ4n) is 1.32. The van der Waals surface area contributed by atoms with Crippen molar-refractivity contribution in [2.24, 2.45) is 5.92 Å². The summed E-state index contributed by atoms with van der Waals surface area (Å²) >= 11 is 0. The first kappa shape index (κ1) is 8.99. The highest BCUT2D eigenvalue weighted by molar-refractivity contribution is 5.87. The standard InChI is InChI=1S/C10H12N2O2/c1-6-4-8(6)12-9-3-2-7(5-11-9)10(13)14/h2-3,5-6,8H,4H2,1H3,(H,11,12)(H,13,14). The van der Waals surface area contributed by atoms with Crippen LogP contribution in [0.25, 0.3) is 0 Å². The van der Waals surface area contributed by atoms with Crippen LogP contribution in [0.15, 0.2) is 18.3 Å². The van der Waals surface area contributed by atoms with Crippen LogP contribution in [0, 0.1) is 5.92 Å². The number of carboxylic acid groups (broad SMARTS) is 1. The average Bonchev–Trinajstić information content (AvgIpc) is 2.82. The minimum Gasteiger partial charge on any atom is -0.478 e. The van der Waals surface area contributed by atoms with Gasteiger partial charge in [0, 0.05) is 12.2 Å². The zero-order valence-electron chi connectivity index (χ0n) is 7.90. The summed E-state index contributed by atoms with van der Waals surface area (Å²) in [6.45, 7) is 2.17. The second-order valence-corrected chi connectivity index (χ2v) is 3.70. The van der Waals surface area contributed by atoms with Gasteiger partial charge in [0.25, 0.3) is 0 Å². The topological polar surface area (TPSA) is 62.2 Å². The quantitative estimate of drug-likeness (QED) is 0.763. The summed E-state index contributed by atoms with van der Waals surface area (Å²) in [5, 5.41) is 11.9. The van der Waals surface area contributed by atoms with Crippen molar-refractivity contribution in [2.45, 2.75) is 19.4 Å². The number of pyridine rings is 1. The molecule has 2 unspecified atom stereocenters. The number of aromatic carboxylic acids is 1. The molecule has 1 saturated carbocycles. The Bertz CT molecular complexity index is 348. The molecule has 0 saturated heterocycles. The Morgan fingerprint density at radius 1 is 1.64 bits per heavy atom. The molecule has 1 heterocycles. The normalized spacial score (nSPS) is 24.4. The summed E-state index contributed by atoms with van der Waals surface area (Å²) in [5.74, 6) is 0.518. The van der Waals surface area contributed by atoms with Gasteiger partial charge in [-0.3, -0.25) is 0 Å². The lowest BCUT2D eigenvalue weighted by Crippen LogP contribution is -2.06. The SMILES string of the molecule is CC1CC1Nc1ccc(C(=O)O)cn1. The number of anilines is 1. The third-order valence-corrected chi connectivity index (χ3v) is 2.45. The van der Waals surface area contributed by atoms with Gasteiger partial charge >= 0.3 is 5.97 Å². The van der Waals surface area contributed by atoms with Crippen LogP contribution in [-0.2, 0) is 0 Å². The van der Waals surface area contributed by atoms with Gasteiger partial charge in [-0.15, -0.1) is 0 Å². The number of nitrogens with one attached hydrogen (secondary N) is 1. The van der Waals surface area contributed by atoms with E-state index in [1.165, 1.54) is 12.6 Å². The van der Waals surface area contributed by atoms with Crippen molar-refractivity contribution in [1.82, 2.24) is 4.98 Å². The molecular weight excluding hydrogens is 180 g/mol. The van der Waals surface area contributed by atoms with E-state index in [-0.39, 0.29) is 5.56 Å². The third kappa shape index (κ3) is 1.84. The van der Waals surface area contributed by atoms with E-state index in [1.54, 1.807) is 12.1 Å². The average molecular weight is 192 g/mol. The van der Waals surface area contributed by atoms with Gasteiger partial charge < -0.3 is 10.4 Å². The summed E-state index contributed by atoms with van der Waals surface area (Å²) in [6, 6.07) is 3.78. The monoisotopic (exact) mass is 192 g/mol. The van der Waals surface area contributed by atoms with Crippen LogP contribution in [-0.4, -0.2) is 22.1 Å². The van der Waals surface area contributed by atoms with Crippen molar-refractivity contribution in [3.05, 3.63) is 23.9 Å². The van der Waals surface area contributed by atoms with Crippen LogP contribution in [0.5, 0.6) is 0 Å². The van der Waals surface area contributed by atoms with Crippen molar-refractivity contribution in [3.63, 3.8) is 0 Å².